The highest BCUT2D eigenvalue weighted by Crippen LogP contribution is 2.17. The van der Waals surface area contributed by atoms with Gasteiger partial charge in [-0.05, 0) is 44.4 Å². The molecule has 0 fully saturated rings. The standard InChI is InChI=1S/C14H25Br/c1-3-5-7-9-11-14(13-15)12-10-8-6-4-2/h5-8,14H,3-4,9-13H2,1-2H3/b7-5-,8-6-. The second kappa shape index (κ2) is 12.0. The second-order valence-electron chi connectivity index (χ2n) is 3.93. The fourth-order valence-electron chi connectivity index (χ4n) is 1.53. The van der Waals surface area contributed by atoms with Crippen LogP contribution >= 0.6 is 15.9 Å². The third kappa shape index (κ3) is 10.2. The summed E-state index contributed by atoms with van der Waals surface area (Å²) < 4.78 is 0. The average molecular weight is 273 g/mol. The Balaban J connectivity index is 3.54. The normalized spacial score (nSPS) is 12.3. The average Bonchev–Trinajstić information content (AvgIpc) is 2.27. The Kier molecular flexibility index (Phi) is 12.0. The third-order valence-electron chi connectivity index (χ3n) is 2.51. The van der Waals surface area contributed by atoms with Crippen molar-refractivity contribution in [2.75, 3.05) is 5.33 Å². The van der Waals surface area contributed by atoms with Crippen molar-refractivity contribution in [2.45, 2.75) is 52.4 Å². The van der Waals surface area contributed by atoms with Gasteiger partial charge in [0.05, 0.1) is 0 Å². The molecule has 0 aliphatic carbocycles. The van der Waals surface area contributed by atoms with E-state index in [2.05, 4.69) is 54.1 Å². The Morgan fingerprint density at radius 2 is 1.33 bits per heavy atom. The van der Waals surface area contributed by atoms with Crippen molar-refractivity contribution >= 4 is 15.9 Å². The SMILES string of the molecule is CC/C=C\CCC(CBr)CC/C=C\CC. The summed E-state index contributed by atoms with van der Waals surface area (Å²) in [5.41, 5.74) is 0. The number of hydrogen-bond acceptors (Lipinski definition) is 0. The molecule has 0 aliphatic rings. The summed E-state index contributed by atoms with van der Waals surface area (Å²) in [7, 11) is 0. The lowest BCUT2D eigenvalue weighted by Gasteiger charge is -2.10. The zero-order valence-electron chi connectivity index (χ0n) is 10.2. The smallest absolute Gasteiger partial charge is 0.00598 e. The van der Waals surface area contributed by atoms with E-state index in [9.17, 15) is 0 Å². The van der Waals surface area contributed by atoms with Gasteiger partial charge in [-0.1, -0.05) is 54.1 Å². The van der Waals surface area contributed by atoms with Crippen LogP contribution in [0.5, 0.6) is 0 Å². The highest BCUT2D eigenvalue weighted by atomic mass is 79.9. The van der Waals surface area contributed by atoms with Gasteiger partial charge in [0.15, 0.2) is 0 Å². The summed E-state index contributed by atoms with van der Waals surface area (Å²) >= 11 is 3.61. The van der Waals surface area contributed by atoms with Gasteiger partial charge >= 0.3 is 0 Å². The monoisotopic (exact) mass is 272 g/mol. The van der Waals surface area contributed by atoms with Crippen LogP contribution in [0.3, 0.4) is 0 Å². The van der Waals surface area contributed by atoms with Crippen LogP contribution in [0.2, 0.25) is 0 Å². The lowest BCUT2D eigenvalue weighted by molar-refractivity contribution is 0.513. The Bertz CT molecular complexity index is 152. The lowest BCUT2D eigenvalue weighted by Crippen LogP contribution is -2.00. The van der Waals surface area contributed by atoms with Gasteiger partial charge in [0.1, 0.15) is 0 Å². The molecule has 0 spiro atoms. The van der Waals surface area contributed by atoms with E-state index >= 15 is 0 Å². The molecule has 0 atom stereocenters. The molecule has 0 bridgehead atoms. The molecule has 88 valence electrons. The summed E-state index contributed by atoms with van der Waals surface area (Å²) in [6.07, 6.45) is 16.6. The number of allylic oxidation sites excluding steroid dienone is 4. The van der Waals surface area contributed by atoms with Gasteiger partial charge in [-0.25, -0.2) is 0 Å². The predicted octanol–water partition coefficient (Wildman–Crippen LogP) is 5.49. The molecule has 0 saturated heterocycles. The van der Waals surface area contributed by atoms with Crippen LogP contribution in [-0.2, 0) is 0 Å². The van der Waals surface area contributed by atoms with Crippen LogP contribution in [0.15, 0.2) is 24.3 Å². The first-order chi connectivity index (χ1) is 7.35. The zero-order chi connectivity index (χ0) is 11.4. The van der Waals surface area contributed by atoms with E-state index in [4.69, 9.17) is 0 Å². The minimum absolute atomic E-state index is 0.841. The molecule has 0 aromatic heterocycles. The van der Waals surface area contributed by atoms with Crippen molar-refractivity contribution < 1.29 is 0 Å². The van der Waals surface area contributed by atoms with Gasteiger partial charge in [-0.3, -0.25) is 0 Å². The van der Waals surface area contributed by atoms with Crippen LogP contribution in [0.25, 0.3) is 0 Å². The van der Waals surface area contributed by atoms with Crippen LogP contribution in [0.4, 0.5) is 0 Å². The fraction of sp³-hybridized carbons (Fsp3) is 0.714. The molecular weight excluding hydrogens is 248 g/mol. The molecule has 0 aromatic carbocycles. The van der Waals surface area contributed by atoms with Crippen LogP contribution < -0.4 is 0 Å². The number of hydrogen-bond donors (Lipinski definition) is 0. The molecule has 0 unspecified atom stereocenters. The molecular formula is C14H25Br. The summed E-state index contributed by atoms with van der Waals surface area (Å²) in [4.78, 5) is 0. The molecule has 0 aromatic rings. The minimum Gasteiger partial charge on any atom is -0.0925 e. The highest BCUT2D eigenvalue weighted by Gasteiger charge is 2.04. The zero-order valence-corrected chi connectivity index (χ0v) is 11.8. The van der Waals surface area contributed by atoms with E-state index < -0.39 is 0 Å². The van der Waals surface area contributed by atoms with Crippen molar-refractivity contribution in [3.63, 3.8) is 0 Å². The van der Waals surface area contributed by atoms with Gasteiger partial charge in [-0.15, -0.1) is 0 Å². The van der Waals surface area contributed by atoms with E-state index in [0.717, 1.165) is 24.1 Å². The van der Waals surface area contributed by atoms with Gasteiger partial charge in [-0.2, -0.15) is 0 Å². The molecule has 0 rings (SSSR count). The topological polar surface area (TPSA) is 0 Å². The molecule has 0 radical (unpaired) electrons. The Morgan fingerprint density at radius 1 is 0.867 bits per heavy atom. The molecule has 15 heavy (non-hydrogen) atoms. The highest BCUT2D eigenvalue weighted by molar-refractivity contribution is 9.09. The molecule has 0 nitrogen and oxygen atoms in total. The van der Waals surface area contributed by atoms with E-state index in [0.29, 0.717) is 0 Å². The van der Waals surface area contributed by atoms with Gasteiger partial charge in [0, 0.05) is 5.33 Å². The van der Waals surface area contributed by atoms with E-state index in [1.807, 2.05) is 0 Å². The lowest BCUT2D eigenvalue weighted by atomic mass is 9.99. The van der Waals surface area contributed by atoms with Gasteiger partial charge < -0.3 is 0 Å². The van der Waals surface area contributed by atoms with E-state index in [-0.39, 0.29) is 0 Å². The van der Waals surface area contributed by atoms with Crippen molar-refractivity contribution in [2.24, 2.45) is 5.92 Å². The van der Waals surface area contributed by atoms with Crippen LogP contribution in [0.1, 0.15) is 52.4 Å². The molecule has 0 saturated carbocycles. The first-order valence-electron chi connectivity index (χ1n) is 6.21. The Morgan fingerprint density at radius 3 is 1.67 bits per heavy atom. The molecule has 0 heterocycles. The van der Waals surface area contributed by atoms with E-state index in [1.54, 1.807) is 0 Å². The fourth-order valence-corrected chi connectivity index (χ4v) is 2.18. The first kappa shape index (κ1) is 15.0. The molecule has 1 heteroatoms. The van der Waals surface area contributed by atoms with Crippen molar-refractivity contribution in [1.82, 2.24) is 0 Å². The summed E-state index contributed by atoms with van der Waals surface area (Å²) in [6.45, 7) is 4.38. The Labute approximate surface area is 104 Å². The van der Waals surface area contributed by atoms with Gasteiger partial charge in [0.2, 0.25) is 0 Å². The van der Waals surface area contributed by atoms with E-state index in [1.165, 1.54) is 25.7 Å². The minimum atomic E-state index is 0.841. The van der Waals surface area contributed by atoms with Crippen molar-refractivity contribution in [1.29, 1.82) is 0 Å². The summed E-state index contributed by atoms with van der Waals surface area (Å²) in [6, 6.07) is 0. The number of rotatable bonds is 9. The molecule has 0 N–H and O–H groups in total. The summed E-state index contributed by atoms with van der Waals surface area (Å²) in [5, 5.41) is 1.15. The van der Waals surface area contributed by atoms with Crippen LogP contribution in [0, 0.1) is 5.92 Å². The van der Waals surface area contributed by atoms with Crippen molar-refractivity contribution in [3.8, 4) is 0 Å². The number of halogens is 1. The molecule has 0 amide bonds. The largest absolute Gasteiger partial charge is 0.0925 e. The maximum Gasteiger partial charge on any atom is 0.00598 e. The predicted molar refractivity (Wildman–Crippen MR) is 74.6 cm³/mol. The second-order valence-corrected chi connectivity index (χ2v) is 4.58. The maximum atomic E-state index is 3.61. The quantitative estimate of drug-likeness (QED) is 0.385. The third-order valence-corrected chi connectivity index (χ3v) is 3.42. The first-order valence-corrected chi connectivity index (χ1v) is 7.33. The summed E-state index contributed by atoms with van der Waals surface area (Å²) in [5.74, 6) is 0.841. The molecule has 0 aliphatic heterocycles. The van der Waals surface area contributed by atoms with Crippen molar-refractivity contribution in [3.05, 3.63) is 24.3 Å². The van der Waals surface area contributed by atoms with Crippen LogP contribution in [-0.4, -0.2) is 5.33 Å². The number of alkyl halides is 1. The maximum absolute atomic E-state index is 3.61. The Hall–Kier alpha value is -0.0400. The van der Waals surface area contributed by atoms with Gasteiger partial charge in [0.25, 0.3) is 0 Å².